The highest BCUT2D eigenvalue weighted by molar-refractivity contribution is 7.92. The summed E-state index contributed by atoms with van der Waals surface area (Å²) in [5, 5.41) is 20.2. The van der Waals surface area contributed by atoms with Gasteiger partial charge in [0.1, 0.15) is 0 Å². The molecule has 1 N–H and O–H groups in total. The smallest absolute Gasteiger partial charge is 0.372 e. The first-order valence-corrected chi connectivity index (χ1v) is 12.3. The minimum atomic E-state index is -5.07. The predicted octanol–water partition coefficient (Wildman–Crippen LogP) is 5.86. The van der Waals surface area contributed by atoms with Gasteiger partial charge < -0.3 is 5.11 Å². The van der Waals surface area contributed by atoms with Gasteiger partial charge in [-0.05, 0) is 59.5 Å². The van der Waals surface area contributed by atoms with Gasteiger partial charge in [0.2, 0.25) is 5.60 Å². The Morgan fingerprint density at radius 3 is 2.03 bits per heavy atom. The molecule has 5 nitrogen and oxygen atoms in total. The normalized spacial score (nSPS) is 13.8. The average Bonchev–Trinajstić information content (AvgIpc) is 2.81. The second-order valence-electron chi connectivity index (χ2n) is 8.33. The molecule has 0 saturated carbocycles. The fourth-order valence-corrected chi connectivity index (χ4v) is 5.38. The summed E-state index contributed by atoms with van der Waals surface area (Å²) in [7, 11) is -4.13. The Kier molecular flexibility index (Phi) is 7.50. The molecular formula is C25H22ClF3N2O3S. The van der Waals surface area contributed by atoms with E-state index in [0.29, 0.717) is 0 Å². The van der Waals surface area contributed by atoms with E-state index in [-0.39, 0.29) is 33.6 Å². The first-order valence-electron chi connectivity index (χ1n) is 10.5. The van der Waals surface area contributed by atoms with Crippen molar-refractivity contribution in [1.82, 2.24) is 0 Å². The van der Waals surface area contributed by atoms with Crippen LogP contribution in [-0.2, 0) is 15.6 Å². The second-order valence-corrected chi connectivity index (χ2v) is 10.6. The summed E-state index contributed by atoms with van der Waals surface area (Å²) < 4.78 is 70.1. The van der Waals surface area contributed by atoms with E-state index in [4.69, 9.17) is 16.9 Å². The SMILES string of the molecule is CC(C)CN(c1ccc(C(O)(c2ccc(Cl)cc2)C(F)(F)F)cc1)S(=O)(=O)c1cccc(C#N)c1. The summed E-state index contributed by atoms with van der Waals surface area (Å²) in [6, 6.07) is 16.6. The van der Waals surface area contributed by atoms with Gasteiger partial charge in [0, 0.05) is 11.6 Å². The third-order valence-corrected chi connectivity index (χ3v) is 7.37. The molecule has 3 aromatic rings. The minimum Gasteiger partial charge on any atom is -0.372 e. The van der Waals surface area contributed by atoms with Gasteiger partial charge in [0.25, 0.3) is 10.0 Å². The summed E-state index contributed by atoms with van der Waals surface area (Å²) in [5.74, 6) is -0.121. The number of nitrogens with zero attached hydrogens (tertiary/aromatic N) is 2. The van der Waals surface area contributed by atoms with E-state index in [0.717, 1.165) is 28.6 Å². The molecule has 3 aromatic carbocycles. The maximum Gasteiger partial charge on any atom is 0.425 e. The van der Waals surface area contributed by atoms with Crippen LogP contribution in [0.3, 0.4) is 0 Å². The Labute approximate surface area is 207 Å². The molecule has 0 spiro atoms. The Hall–Kier alpha value is -3.06. The van der Waals surface area contributed by atoms with Crippen molar-refractivity contribution in [1.29, 1.82) is 5.26 Å². The van der Waals surface area contributed by atoms with Gasteiger partial charge in [-0.2, -0.15) is 18.4 Å². The number of anilines is 1. The molecule has 35 heavy (non-hydrogen) atoms. The molecule has 0 aliphatic heterocycles. The summed E-state index contributed by atoms with van der Waals surface area (Å²) >= 11 is 5.79. The number of sulfonamides is 1. The fraction of sp³-hybridized carbons (Fsp3) is 0.240. The van der Waals surface area contributed by atoms with Crippen molar-refractivity contribution in [3.05, 3.63) is 94.5 Å². The number of nitriles is 1. The maximum absolute atomic E-state index is 14.1. The topological polar surface area (TPSA) is 81.4 Å². The van der Waals surface area contributed by atoms with E-state index >= 15 is 0 Å². The van der Waals surface area contributed by atoms with Crippen LogP contribution in [-0.4, -0.2) is 26.2 Å². The molecule has 0 heterocycles. The molecule has 0 amide bonds. The maximum atomic E-state index is 14.1. The van der Waals surface area contributed by atoms with E-state index in [1.807, 2.05) is 6.07 Å². The molecule has 10 heteroatoms. The first-order chi connectivity index (χ1) is 16.3. The second kappa shape index (κ2) is 9.90. The van der Waals surface area contributed by atoms with Crippen molar-refractivity contribution in [3.8, 4) is 6.07 Å². The van der Waals surface area contributed by atoms with Crippen LogP contribution >= 0.6 is 11.6 Å². The Balaban J connectivity index is 2.10. The number of benzene rings is 3. The summed E-state index contributed by atoms with van der Waals surface area (Å²) in [6.45, 7) is 3.64. The summed E-state index contributed by atoms with van der Waals surface area (Å²) in [5.41, 5.74) is -3.97. The van der Waals surface area contributed by atoms with Crippen LogP contribution in [0.25, 0.3) is 0 Å². The Bertz CT molecular complexity index is 1340. The number of hydrogen-bond acceptors (Lipinski definition) is 4. The lowest BCUT2D eigenvalue weighted by molar-refractivity contribution is -0.248. The lowest BCUT2D eigenvalue weighted by Gasteiger charge is -2.32. The highest BCUT2D eigenvalue weighted by Crippen LogP contribution is 2.45. The molecular weight excluding hydrogens is 501 g/mol. The highest BCUT2D eigenvalue weighted by atomic mass is 35.5. The van der Waals surface area contributed by atoms with Crippen LogP contribution in [0.4, 0.5) is 18.9 Å². The third-order valence-electron chi connectivity index (χ3n) is 5.33. The summed E-state index contributed by atoms with van der Waals surface area (Å²) in [6.07, 6.45) is -5.07. The van der Waals surface area contributed by atoms with E-state index in [1.54, 1.807) is 13.8 Å². The van der Waals surface area contributed by atoms with Crippen LogP contribution in [0.15, 0.2) is 77.7 Å². The zero-order chi connectivity index (χ0) is 26.0. The van der Waals surface area contributed by atoms with Gasteiger partial charge in [0.15, 0.2) is 0 Å². The molecule has 0 aliphatic rings. The van der Waals surface area contributed by atoms with Crippen LogP contribution in [0.2, 0.25) is 5.02 Å². The van der Waals surface area contributed by atoms with Crippen molar-refractivity contribution in [3.63, 3.8) is 0 Å². The van der Waals surface area contributed by atoms with Gasteiger partial charge in [-0.15, -0.1) is 0 Å². The van der Waals surface area contributed by atoms with Gasteiger partial charge in [-0.1, -0.05) is 55.8 Å². The molecule has 0 bridgehead atoms. The number of rotatable bonds is 7. The molecule has 0 saturated heterocycles. The number of alkyl halides is 3. The molecule has 0 aromatic heterocycles. The van der Waals surface area contributed by atoms with Crippen molar-refractivity contribution in [2.45, 2.75) is 30.5 Å². The largest absolute Gasteiger partial charge is 0.425 e. The quantitative estimate of drug-likeness (QED) is 0.421. The first kappa shape index (κ1) is 26.5. The van der Waals surface area contributed by atoms with Crippen molar-refractivity contribution < 1.29 is 26.7 Å². The zero-order valence-corrected chi connectivity index (χ0v) is 20.4. The van der Waals surface area contributed by atoms with Crippen LogP contribution in [0.5, 0.6) is 0 Å². The third kappa shape index (κ3) is 5.30. The molecule has 0 aliphatic carbocycles. The molecule has 0 radical (unpaired) electrons. The molecule has 1 unspecified atom stereocenters. The monoisotopic (exact) mass is 522 g/mol. The van der Waals surface area contributed by atoms with Crippen molar-refractivity contribution >= 4 is 27.3 Å². The molecule has 0 fully saturated rings. The predicted molar refractivity (Wildman–Crippen MR) is 127 cm³/mol. The number of hydrogen-bond donors (Lipinski definition) is 1. The van der Waals surface area contributed by atoms with Gasteiger partial charge in [-0.3, -0.25) is 4.31 Å². The van der Waals surface area contributed by atoms with Crippen LogP contribution in [0.1, 0.15) is 30.5 Å². The minimum absolute atomic E-state index is 0.0409. The van der Waals surface area contributed by atoms with Gasteiger partial charge in [-0.25, -0.2) is 8.42 Å². The summed E-state index contributed by atoms with van der Waals surface area (Å²) in [4.78, 5) is -0.116. The van der Waals surface area contributed by atoms with E-state index in [1.165, 1.54) is 48.5 Å². The van der Waals surface area contributed by atoms with Crippen LogP contribution < -0.4 is 4.31 Å². The fourth-order valence-electron chi connectivity index (χ4n) is 3.58. The lowest BCUT2D eigenvalue weighted by atomic mass is 9.85. The number of halogens is 4. The van der Waals surface area contributed by atoms with Crippen molar-refractivity contribution in [2.75, 3.05) is 10.8 Å². The average molecular weight is 523 g/mol. The standard InChI is InChI=1S/C25H22ClF3N2O3S/c1-17(2)16-31(35(33,34)23-5-3-4-18(14-23)15-30)22-12-8-20(9-13-22)24(32,25(27,28)29)19-6-10-21(26)11-7-19/h3-14,17,32H,16H2,1-2H3. The molecule has 1 atom stereocenters. The highest BCUT2D eigenvalue weighted by Gasteiger charge is 2.56. The van der Waals surface area contributed by atoms with Gasteiger partial charge >= 0.3 is 6.18 Å². The van der Waals surface area contributed by atoms with Crippen molar-refractivity contribution in [2.24, 2.45) is 5.92 Å². The Morgan fingerprint density at radius 1 is 1.00 bits per heavy atom. The molecule has 184 valence electrons. The van der Waals surface area contributed by atoms with Crippen LogP contribution in [0, 0.1) is 17.2 Å². The molecule has 3 rings (SSSR count). The zero-order valence-electron chi connectivity index (χ0n) is 18.8. The Morgan fingerprint density at radius 2 is 1.54 bits per heavy atom. The van der Waals surface area contributed by atoms with E-state index < -0.39 is 32.9 Å². The van der Waals surface area contributed by atoms with Gasteiger partial charge in [0.05, 0.1) is 22.2 Å². The van der Waals surface area contributed by atoms with E-state index in [2.05, 4.69) is 0 Å². The van der Waals surface area contributed by atoms with E-state index in [9.17, 15) is 26.7 Å². The lowest BCUT2D eigenvalue weighted by Crippen LogP contribution is -2.43. The number of aliphatic hydroxyl groups is 1.